The van der Waals surface area contributed by atoms with Crippen molar-refractivity contribution in [3.05, 3.63) is 54.2 Å². The summed E-state index contributed by atoms with van der Waals surface area (Å²) in [7, 11) is 0. The first-order valence-electron chi connectivity index (χ1n) is 7.78. The van der Waals surface area contributed by atoms with E-state index in [1.165, 1.54) is 5.56 Å². The molecule has 3 nitrogen and oxygen atoms in total. The molecule has 0 fully saturated rings. The van der Waals surface area contributed by atoms with Gasteiger partial charge in [-0.15, -0.1) is 0 Å². The second-order valence-electron chi connectivity index (χ2n) is 5.43. The van der Waals surface area contributed by atoms with Crippen LogP contribution in [0.4, 0.5) is 11.5 Å². The first-order chi connectivity index (χ1) is 10.3. The Labute approximate surface area is 127 Å². The molecule has 0 aliphatic heterocycles. The Balaban J connectivity index is 1.83. The van der Waals surface area contributed by atoms with Crippen LogP contribution in [0.3, 0.4) is 0 Å². The van der Waals surface area contributed by atoms with Crippen molar-refractivity contribution in [1.82, 2.24) is 4.98 Å². The van der Waals surface area contributed by atoms with E-state index < -0.39 is 0 Å². The lowest BCUT2D eigenvalue weighted by Gasteiger charge is -2.16. The van der Waals surface area contributed by atoms with Crippen molar-refractivity contribution >= 4 is 11.5 Å². The summed E-state index contributed by atoms with van der Waals surface area (Å²) in [5.74, 6) is 0.942. The van der Waals surface area contributed by atoms with Gasteiger partial charge in [-0.3, -0.25) is 0 Å². The monoisotopic (exact) mass is 283 g/mol. The second-order valence-corrected chi connectivity index (χ2v) is 5.43. The molecule has 0 spiro atoms. The lowest BCUT2D eigenvalue weighted by Crippen LogP contribution is -2.16. The summed E-state index contributed by atoms with van der Waals surface area (Å²) in [6, 6.07) is 15.2. The lowest BCUT2D eigenvalue weighted by molar-refractivity contribution is 0.706. The van der Waals surface area contributed by atoms with E-state index in [9.17, 15) is 0 Å². The van der Waals surface area contributed by atoms with E-state index >= 15 is 0 Å². The van der Waals surface area contributed by atoms with Gasteiger partial charge in [0.25, 0.3) is 0 Å². The molecule has 0 radical (unpaired) electrons. The van der Waals surface area contributed by atoms with Gasteiger partial charge in [-0.1, -0.05) is 37.3 Å². The molecule has 1 aromatic heterocycles. The highest BCUT2D eigenvalue weighted by molar-refractivity contribution is 5.52. The number of nitrogens with zero attached hydrogens (tertiary/aromatic N) is 1. The Morgan fingerprint density at radius 2 is 1.95 bits per heavy atom. The van der Waals surface area contributed by atoms with Crippen LogP contribution < -0.4 is 10.6 Å². The Morgan fingerprint density at radius 3 is 2.71 bits per heavy atom. The predicted octanol–water partition coefficient (Wildman–Crippen LogP) is 4.34. The van der Waals surface area contributed by atoms with Gasteiger partial charge >= 0.3 is 0 Å². The molecule has 0 aliphatic carbocycles. The Bertz CT molecular complexity index is 525. The average molecular weight is 283 g/mol. The molecule has 0 bridgehead atoms. The second kappa shape index (κ2) is 8.30. The third-order valence-electron chi connectivity index (χ3n) is 3.44. The molecule has 21 heavy (non-hydrogen) atoms. The zero-order valence-electron chi connectivity index (χ0n) is 13.0. The van der Waals surface area contributed by atoms with E-state index in [0.717, 1.165) is 37.3 Å². The molecule has 2 rings (SSSR count). The molecule has 1 heterocycles. The van der Waals surface area contributed by atoms with E-state index in [-0.39, 0.29) is 0 Å². The summed E-state index contributed by atoms with van der Waals surface area (Å²) < 4.78 is 0. The van der Waals surface area contributed by atoms with Crippen LogP contribution in [0.2, 0.25) is 0 Å². The topological polar surface area (TPSA) is 37.0 Å². The van der Waals surface area contributed by atoms with Crippen molar-refractivity contribution in [3.63, 3.8) is 0 Å². The van der Waals surface area contributed by atoms with Crippen molar-refractivity contribution in [3.8, 4) is 0 Å². The minimum Gasteiger partial charge on any atom is -0.382 e. The number of rotatable bonds is 8. The molecule has 0 saturated carbocycles. The Hall–Kier alpha value is -2.03. The minimum atomic E-state index is 0.437. The van der Waals surface area contributed by atoms with Gasteiger partial charge in [0.15, 0.2) is 0 Å². The number of aromatic nitrogens is 1. The maximum Gasteiger partial charge on any atom is 0.127 e. The highest BCUT2D eigenvalue weighted by atomic mass is 15.0. The van der Waals surface area contributed by atoms with E-state index in [1.807, 2.05) is 12.3 Å². The number of hydrogen-bond donors (Lipinski definition) is 2. The number of pyridine rings is 1. The summed E-state index contributed by atoms with van der Waals surface area (Å²) in [4.78, 5) is 4.33. The fourth-order valence-electron chi connectivity index (χ4n) is 2.25. The zero-order valence-corrected chi connectivity index (χ0v) is 13.0. The van der Waals surface area contributed by atoms with E-state index in [1.54, 1.807) is 0 Å². The minimum absolute atomic E-state index is 0.437. The first-order valence-corrected chi connectivity index (χ1v) is 7.78. The molecular formula is C18H25N3. The molecule has 2 aromatic rings. The molecule has 3 heteroatoms. The number of hydrogen-bond acceptors (Lipinski definition) is 3. The molecule has 1 unspecified atom stereocenters. The van der Waals surface area contributed by atoms with Crippen molar-refractivity contribution in [1.29, 1.82) is 0 Å². The first kappa shape index (κ1) is 15.4. The number of anilines is 2. The summed E-state index contributed by atoms with van der Waals surface area (Å²) in [6.45, 7) is 5.34. The van der Waals surface area contributed by atoms with Gasteiger partial charge in [0.2, 0.25) is 0 Å². The Morgan fingerprint density at radius 1 is 1.14 bits per heavy atom. The van der Waals surface area contributed by atoms with Crippen molar-refractivity contribution in [2.75, 3.05) is 17.2 Å². The van der Waals surface area contributed by atoms with Crippen LogP contribution in [0.15, 0.2) is 48.7 Å². The molecule has 1 aromatic carbocycles. The lowest BCUT2D eigenvalue weighted by atomic mass is 10.1. The van der Waals surface area contributed by atoms with Crippen molar-refractivity contribution < 1.29 is 0 Å². The van der Waals surface area contributed by atoms with E-state index in [4.69, 9.17) is 0 Å². The van der Waals surface area contributed by atoms with Crippen molar-refractivity contribution in [2.24, 2.45) is 0 Å². The van der Waals surface area contributed by atoms with E-state index in [0.29, 0.717) is 6.04 Å². The highest BCUT2D eigenvalue weighted by Gasteiger charge is 2.04. The zero-order chi connectivity index (χ0) is 14.9. The van der Waals surface area contributed by atoms with Gasteiger partial charge in [0.05, 0.1) is 0 Å². The van der Waals surface area contributed by atoms with Crippen LogP contribution in [0.1, 0.15) is 32.3 Å². The van der Waals surface area contributed by atoms with Gasteiger partial charge in [-0.25, -0.2) is 4.98 Å². The smallest absolute Gasteiger partial charge is 0.127 e. The van der Waals surface area contributed by atoms with Gasteiger partial charge in [0.1, 0.15) is 5.82 Å². The quantitative estimate of drug-likeness (QED) is 0.757. The van der Waals surface area contributed by atoms with Crippen LogP contribution in [-0.4, -0.2) is 17.6 Å². The predicted molar refractivity (Wildman–Crippen MR) is 90.9 cm³/mol. The summed E-state index contributed by atoms with van der Waals surface area (Å²) in [6.07, 6.45) is 5.17. The fraction of sp³-hybridized carbons (Fsp3) is 0.389. The molecule has 0 saturated heterocycles. The third kappa shape index (κ3) is 5.46. The number of benzene rings is 1. The molecular weight excluding hydrogens is 258 g/mol. The average Bonchev–Trinajstić information content (AvgIpc) is 2.52. The van der Waals surface area contributed by atoms with Crippen LogP contribution >= 0.6 is 0 Å². The number of nitrogens with one attached hydrogen (secondary N) is 2. The van der Waals surface area contributed by atoms with Gasteiger partial charge < -0.3 is 10.6 Å². The molecule has 0 aliphatic rings. The summed E-state index contributed by atoms with van der Waals surface area (Å²) in [5.41, 5.74) is 2.52. The standard InChI is InChI=1S/C18H25N3/c1-3-12-19-18-14-17(11-13-20-18)21-15(2)9-10-16-7-5-4-6-8-16/h4-8,11,13-15H,3,9-10,12H2,1-2H3,(H2,19,20,21). The highest BCUT2D eigenvalue weighted by Crippen LogP contribution is 2.15. The van der Waals surface area contributed by atoms with Crippen LogP contribution in [0.5, 0.6) is 0 Å². The van der Waals surface area contributed by atoms with Gasteiger partial charge in [0, 0.05) is 30.5 Å². The number of aryl methyl sites for hydroxylation is 1. The van der Waals surface area contributed by atoms with Crippen molar-refractivity contribution in [2.45, 2.75) is 39.2 Å². The summed E-state index contributed by atoms with van der Waals surface area (Å²) in [5, 5.41) is 6.86. The largest absolute Gasteiger partial charge is 0.382 e. The van der Waals surface area contributed by atoms with Crippen LogP contribution in [0.25, 0.3) is 0 Å². The molecule has 2 N–H and O–H groups in total. The van der Waals surface area contributed by atoms with Gasteiger partial charge in [-0.2, -0.15) is 0 Å². The molecule has 1 atom stereocenters. The summed E-state index contributed by atoms with van der Waals surface area (Å²) >= 11 is 0. The Kier molecular flexibility index (Phi) is 6.07. The maximum absolute atomic E-state index is 4.33. The van der Waals surface area contributed by atoms with Crippen LogP contribution in [0, 0.1) is 0 Å². The normalized spacial score (nSPS) is 11.9. The van der Waals surface area contributed by atoms with Gasteiger partial charge in [-0.05, 0) is 37.8 Å². The fourth-order valence-corrected chi connectivity index (χ4v) is 2.25. The maximum atomic E-state index is 4.33. The third-order valence-corrected chi connectivity index (χ3v) is 3.44. The van der Waals surface area contributed by atoms with E-state index in [2.05, 4.69) is 65.9 Å². The molecule has 112 valence electrons. The van der Waals surface area contributed by atoms with Crippen LogP contribution in [-0.2, 0) is 6.42 Å². The SMILES string of the molecule is CCCNc1cc(NC(C)CCc2ccccc2)ccn1. The molecule has 0 amide bonds.